The molecule has 0 aliphatic carbocycles. The number of carbonyl (C=O) groups excluding carboxylic acids is 1. The minimum atomic E-state index is -0.872. The van der Waals surface area contributed by atoms with Crippen molar-refractivity contribution in [2.45, 2.75) is 26.2 Å². The van der Waals surface area contributed by atoms with Gasteiger partial charge in [0.2, 0.25) is 5.91 Å². The van der Waals surface area contributed by atoms with E-state index >= 15 is 0 Å². The Kier molecular flexibility index (Phi) is 6.56. The van der Waals surface area contributed by atoms with Crippen molar-refractivity contribution in [2.75, 3.05) is 20.2 Å². The maximum Gasteiger partial charge on any atom is 0.303 e. The fourth-order valence-electron chi connectivity index (χ4n) is 1.71. The molecule has 0 saturated heterocycles. The van der Waals surface area contributed by atoms with Gasteiger partial charge in [0, 0.05) is 19.9 Å². The monoisotopic (exact) mass is 279 g/mol. The number of hydrogen-bond acceptors (Lipinski definition) is 3. The highest BCUT2D eigenvalue weighted by Crippen LogP contribution is 2.12. The van der Waals surface area contributed by atoms with Crippen LogP contribution in [0.4, 0.5) is 0 Å². The van der Waals surface area contributed by atoms with Crippen LogP contribution in [0.5, 0.6) is 5.75 Å². The van der Waals surface area contributed by atoms with Crippen molar-refractivity contribution in [2.24, 2.45) is 0 Å². The van der Waals surface area contributed by atoms with Crippen molar-refractivity contribution in [3.63, 3.8) is 0 Å². The third kappa shape index (κ3) is 6.22. The Labute approximate surface area is 119 Å². The van der Waals surface area contributed by atoms with E-state index in [2.05, 4.69) is 0 Å². The van der Waals surface area contributed by atoms with Crippen LogP contribution in [0.1, 0.15) is 24.8 Å². The summed E-state index contributed by atoms with van der Waals surface area (Å²) in [6, 6.07) is 7.73. The molecule has 1 aromatic rings. The normalized spacial score (nSPS) is 10.1. The fraction of sp³-hybridized carbons (Fsp3) is 0.467. The molecule has 110 valence electrons. The average Bonchev–Trinajstić information content (AvgIpc) is 2.38. The van der Waals surface area contributed by atoms with Crippen molar-refractivity contribution in [1.82, 2.24) is 4.90 Å². The standard InChI is InChI=1S/C15H21NO4/c1-12-5-3-6-13(11-12)20-10-9-16(2)14(17)7-4-8-15(18)19/h3,5-6,11H,4,7-10H2,1-2H3,(H,18,19). The molecule has 1 aromatic carbocycles. The number of amides is 1. The van der Waals surface area contributed by atoms with Gasteiger partial charge in [0.15, 0.2) is 0 Å². The molecule has 0 bridgehead atoms. The van der Waals surface area contributed by atoms with E-state index in [9.17, 15) is 9.59 Å². The van der Waals surface area contributed by atoms with E-state index in [1.807, 2.05) is 31.2 Å². The minimum absolute atomic E-state index is 0.0272. The molecule has 5 heteroatoms. The summed E-state index contributed by atoms with van der Waals surface area (Å²) in [6.45, 7) is 2.90. The van der Waals surface area contributed by atoms with E-state index in [-0.39, 0.29) is 18.7 Å². The fourth-order valence-corrected chi connectivity index (χ4v) is 1.71. The second kappa shape index (κ2) is 8.19. The molecule has 0 unspecified atom stereocenters. The van der Waals surface area contributed by atoms with Crippen molar-refractivity contribution in [3.05, 3.63) is 29.8 Å². The number of benzene rings is 1. The van der Waals surface area contributed by atoms with Crippen LogP contribution in [0, 0.1) is 6.92 Å². The van der Waals surface area contributed by atoms with E-state index in [0.29, 0.717) is 19.6 Å². The largest absolute Gasteiger partial charge is 0.492 e. The van der Waals surface area contributed by atoms with Crippen molar-refractivity contribution >= 4 is 11.9 Å². The first kappa shape index (κ1) is 16.0. The summed E-state index contributed by atoms with van der Waals surface area (Å²) >= 11 is 0. The van der Waals surface area contributed by atoms with Crippen LogP contribution in [-0.2, 0) is 9.59 Å². The molecule has 1 rings (SSSR count). The Morgan fingerprint density at radius 3 is 2.70 bits per heavy atom. The van der Waals surface area contributed by atoms with E-state index < -0.39 is 5.97 Å². The highest BCUT2D eigenvalue weighted by Gasteiger charge is 2.09. The Hall–Kier alpha value is -2.04. The number of nitrogens with zero attached hydrogens (tertiary/aromatic N) is 1. The predicted octanol–water partition coefficient (Wildman–Crippen LogP) is 2.09. The number of carboxylic acid groups (broad SMARTS) is 1. The topological polar surface area (TPSA) is 66.8 Å². The van der Waals surface area contributed by atoms with Gasteiger partial charge in [-0.25, -0.2) is 0 Å². The van der Waals surface area contributed by atoms with Crippen LogP contribution < -0.4 is 4.74 Å². The lowest BCUT2D eigenvalue weighted by Crippen LogP contribution is -2.30. The lowest BCUT2D eigenvalue weighted by atomic mass is 10.2. The summed E-state index contributed by atoms with van der Waals surface area (Å²) in [4.78, 5) is 23.6. The number of ether oxygens (including phenoxy) is 1. The Bertz CT molecular complexity index is 459. The second-order valence-electron chi connectivity index (χ2n) is 4.73. The van der Waals surface area contributed by atoms with Crippen LogP contribution >= 0.6 is 0 Å². The molecule has 0 radical (unpaired) electrons. The second-order valence-corrected chi connectivity index (χ2v) is 4.73. The van der Waals surface area contributed by atoms with E-state index in [1.165, 1.54) is 0 Å². The summed E-state index contributed by atoms with van der Waals surface area (Å²) in [5.74, 6) is -0.140. The number of aliphatic carboxylic acids is 1. The summed E-state index contributed by atoms with van der Waals surface area (Å²) in [7, 11) is 1.70. The van der Waals surface area contributed by atoms with Crippen LogP contribution in [0.2, 0.25) is 0 Å². The Morgan fingerprint density at radius 2 is 2.05 bits per heavy atom. The molecule has 1 N–H and O–H groups in total. The number of rotatable bonds is 8. The molecular formula is C15H21NO4. The summed E-state index contributed by atoms with van der Waals surface area (Å²) in [5, 5.41) is 8.51. The molecule has 0 fully saturated rings. The van der Waals surface area contributed by atoms with Gasteiger partial charge in [-0.3, -0.25) is 9.59 Å². The molecule has 1 amide bonds. The zero-order valence-electron chi connectivity index (χ0n) is 12.0. The molecule has 0 aliphatic heterocycles. The van der Waals surface area contributed by atoms with E-state index in [1.54, 1.807) is 11.9 Å². The molecule has 0 saturated carbocycles. The van der Waals surface area contributed by atoms with Gasteiger partial charge in [-0.2, -0.15) is 0 Å². The van der Waals surface area contributed by atoms with Crippen molar-refractivity contribution in [3.8, 4) is 5.75 Å². The first-order chi connectivity index (χ1) is 9.49. The van der Waals surface area contributed by atoms with E-state index in [0.717, 1.165) is 11.3 Å². The van der Waals surface area contributed by atoms with Gasteiger partial charge in [-0.15, -0.1) is 0 Å². The van der Waals surface area contributed by atoms with Crippen molar-refractivity contribution < 1.29 is 19.4 Å². The lowest BCUT2D eigenvalue weighted by Gasteiger charge is -2.17. The summed E-state index contributed by atoms with van der Waals surface area (Å²) < 4.78 is 5.56. The van der Waals surface area contributed by atoms with Gasteiger partial charge in [0.25, 0.3) is 0 Å². The smallest absolute Gasteiger partial charge is 0.303 e. The maximum atomic E-state index is 11.7. The highest BCUT2D eigenvalue weighted by atomic mass is 16.5. The molecule has 0 aliphatic rings. The molecular weight excluding hydrogens is 258 g/mol. The maximum absolute atomic E-state index is 11.7. The summed E-state index contributed by atoms with van der Waals surface area (Å²) in [6.07, 6.45) is 0.657. The predicted molar refractivity (Wildman–Crippen MR) is 75.8 cm³/mol. The Morgan fingerprint density at radius 1 is 1.30 bits per heavy atom. The van der Waals surface area contributed by atoms with Gasteiger partial charge in [0.05, 0.1) is 6.54 Å². The third-order valence-corrected chi connectivity index (χ3v) is 2.89. The first-order valence-corrected chi connectivity index (χ1v) is 6.64. The lowest BCUT2D eigenvalue weighted by molar-refractivity contribution is -0.137. The molecule has 0 spiro atoms. The van der Waals surface area contributed by atoms with Crippen LogP contribution in [0.3, 0.4) is 0 Å². The van der Waals surface area contributed by atoms with Gasteiger partial charge in [0.1, 0.15) is 12.4 Å². The van der Waals surface area contributed by atoms with Crippen LogP contribution in [-0.4, -0.2) is 42.1 Å². The molecule has 20 heavy (non-hydrogen) atoms. The van der Waals surface area contributed by atoms with Crippen LogP contribution in [0.15, 0.2) is 24.3 Å². The van der Waals surface area contributed by atoms with Gasteiger partial charge in [-0.1, -0.05) is 12.1 Å². The molecule has 0 heterocycles. The van der Waals surface area contributed by atoms with E-state index in [4.69, 9.17) is 9.84 Å². The number of carboxylic acids is 1. The van der Waals surface area contributed by atoms with Gasteiger partial charge >= 0.3 is 5.97 Å². The SMILES string of the molecule is Cc1cccc(OCCN(C)C(=O)CCCC(=O)O)c1. The number of aryl methyl sites for hydroxylation is 1. The average molecular weight is 279 g/mol. The zero-order chi connectivity index (χ0) is 15.0. The summed E-state index contributed by atoms with van der Waals surface area (Å²) in [5.41, 5.74) is 1.13. The molecule has 0 atom stereocenters. The van der Waals surface area contributed by atoms with Crippen LogP contribution in [0.25, 0.3) is 0 Å². The van der Waals surface area contributed by atoms with Gasteiger partial charge in [-0.05, 0) is 31.0 Å². The minimum Gasteiger partial charge on any atom is -0.492 e. The van der Waals surface area contributed by atoms with Crippen molar-refractivity contribution in [1.29, 1.82) is 0 Å². The number of likely N-dealkylation sites (N-methyl/N-ethyl adjacent to an activating group) is 1. The molecule has 5 nitrogen and oxygen atoms in total. The number of carbonyl (C=O) groups is 2. The highest BCUT2D eigenvalue weighted by molar-refractivity contribution is 5.76. The molecule has 0 aromatic heterocycles. The third-order valence-electron chi connectivity index (χ3n) is 2.89. The quantitative estimate of drug-likeness (QED) is 0.791. The zero-order valence-corrected chi connectivity index (χ0v) is 12.0. The number of hydrogen-bond donors (Lipinski definition) is 1. The Balaban J connectivity index is 2.23. The van der Waals surface area contributed by atoms with Gasteiger partial charge < -0.3 is 14.7 Å². The first-order valence-electron chi connectivity index (χ1n) is 6.64.